The fourth-order valence-electron chi connectivity index (χ4n) is 2.57. The van der Waals surface area contributed by atoms with Crippen LogP contribution in [0.1, 0.15) is 0 Å². The molecular formula is C15H16BrNO2. The second-order valence-corrected chi connectivity index (χ2v) is 5.64. The lowest BCUT2D eigenvalue weighted by Crippen LogP contribution is -2.64. The molecular weight excluding hydrogens is 306 g/mol. The number of methoxy groups -OCH3 is 2. The van der Waals surface area contributed by atoms with E-state index in [1.807, 2.05) is 0 Å². The third-order valence-electron chi connectivity index (χ3n) is 3.80. The molecule has 0 amide bonds. The Labute approximate surface area is 121 Å². The first-order valence-electron chi connectivity index (χ1n) is 6.21. The van der Waals surface area contributed by atoms with Gasteiger partial charge in [-0.3, -0.25) is 0 Å². The molecule has 0 aromatic heterocycles. The van der Waals surface area contributed by atoms with Crippen LogP contribution in [0.3, 0.4) is 0 Å². The van der Waals surface area contributed by atoms with E-state index in [2.05, 4.69) is 57.2 Å². The molecule has 2 aromatic rings. The molecule has 0 unspecified atom stereocenters. The third kappa shape index (κ3) is 2.04. The Morgan fingerprint density at radius 3 is 2.26 bits per heavy atom. The molecule has 0 bridgehead atoms. The number of anilines is 1. The number of fused-ring (bicyclic) bond motifs is 1. The first-order valence-corrected chi connectivity index (χ1v) is 7.01. The minimum absolute atomic E-state index is 0.450. The summed E-state index contributed by atoms with van der Waals surface area (Å²) in [4.78, 5) is 2.28. The van der Waals surface area contributed by atoms with E-state index >= 15 is 0 Å². The van der Waals surface area contributed by atoms with Crippen molar-refractivity contribution in [3.63, 3.8) is 0 Å². The molecule has 0 spiro atoms. The first-order chi connectivity index (χ1) is 9.19. The van der Waals surface area contributed by atoms with E-state index in [0.29, 0.717) is 0 Å². The number of nitrogens with zero attached hydrogens (tertiary/aromatic N) is 1. The highest BCUT2D eigenvalue weighted by atomic mass is 79.9. The molecule has 3 nitrogen and oxygen atoms in total. The topological polar surface area (TPSA) is 21.7 Å². The van der Waals surface area contributed by atoms with Crippen molar-refractivity contribution in [3.8, 4) is 0 Å². The van der Waals surface area contributed by atoms with Gasteiger partial charge in [-0.1, -0.05) is 40.2 Å². The summed E-state index contributed by atoms with van der Waals surface area (Å²) in [6, 6.07) is 12.6. The van der Waals surface area contributed by atoms with Crippen molar-refractivity contribution in [2.45, 2.75) is 5.79 Å². The number of rotatable bonds is 3. The lowest BCUT2D eigenvalue weighted by molar-refractivity contribution is -0.219. The van der Waals surface area contributed by atoms with Crippen LogP contribution < -0.4 is 4.90 Å². The summed E-state index contributed by atoms with van der Waals surface area (Å²) in [6.07, 6.45) is 0. The van der Waals surface area contributed by atoms with Gasteiger partial charge in [0.25, 0.3) is 0 Å². The van der Waals surface area contributed by atoms with Crippen molar-refractivity contribution in [3.05, 3.63) is 40.9 Å². The van der Waals surface area contributed by atoms with Crippen LogP contribution in [-0.2, 0) is 9.47 Å². The Balaban J connectivity index is 1.98. The van der Waals surface area contributed by atoms with Crippen molar-refractivity contribution in [2.75, 3.05) is 32.2 Å². The van der Waals surface area contributed by atoms with Gasteiger partial charge in [0.05, 0.1) is 13.1 Å². The molecule has 1 aliphatic heterocycles. The predicted molar refractivity (Wildman–Crippen MR) is 80.6 cm³/mol. The summed E-state index contributed by atoms with van der Waals surface area (Å²) in [5.41, 5.74) is 1.23. The molecule has 2 aromatic carbocycles. The van der Waals surface area contributed by atoms with Crippen LogP contribution in [-0.4, -0.2) is 33.1 Å². The molecule has 1 saturated heterocycles. The van der Waals surface area contributed by atoms with Crippen LogP contribution in [0.5, 0.6) is 0 Å². The minimum Gasteiger partial charge on any atom is -0.360 e. The SMILES string of the molecule is COC1(OC)CN(c2ccc(Br)c3ccccc23)C1. The standard InChI is InChI=1S/C15H16BrNO2/c1-18-15(19-2)9-17(10-15)14-8-7-13(16)11-5-3-4-6-12(11)14/h3-8H,9-10H2,1-2H3. The summed E-state index contributed by atoms with van der Waals surface area (Å²) in [5.74, 6) is -0.450. The van der Waals surface area contributed by atoms with Crippen LogP contribution in [0, 0.1) is 0 Å². The van der Waals surface area contributed by atoms with E-state index in [-0.39, 0.29) is 0 Å². The fraction of sp³-hybridized carbons (Fsp3) is 0.333. The average Bonchev–Trinajstić information content (AvgIpc) is 2.41. The molecule has 19 heavy (non-hydrogen) atoms. The van der Waals surface area contributed by atoms with Crippen molar-refractivity contribution < 1.29 is 9.47 Å². The highest BCUT2D eigenvalue weighted by Gasteiger charge is 2.44. The Hall–Kier alpha value is -1.10. The van der Waals surface area contributed by atoms with Crippen LogP contribution in [0.15, 0.2) is 40.9 Å². The molecule has 0 saturated carbocycles. The van der Waals surface area contributed by atoms with Crippen LogP contribution in [0.2, 0.25) is 0 Å². The highest BCUT2D eigenvalue weighted by molar-refractivity contribution is 9.10. The average molecular weight is 322 g/mol. The summed E-state index contributed by atoms with van der Waals surface area (Å²) < 4.78 is 12.0. The van der Waals surface area contributed by atoms with Crippen molar-refractivity contribution in [2.24, 2.45) is 0 Å². The van der Waals surface area contributed by atoms with Gasteiger partial charge in [-0.05, 0) is 17.5 Å². The van der Waals surface area contributed by atoms with E-state index < -0.39 is 5.79 Å². The number of benzene rings is 2. The number of hydrogen-bond acceptors (Lipinski definition) is 3. The third-order valence-corrected chi connectivity index (χ3v) is 4.49. The van der Waals surface area contributed by atoms with Crippen molar-refractivity contribution in [1.82, 2.24) is 0 Å². The second kappa shape index (κ2) is 4.78. The maximum Gasteiger partial charge on any atom is 0.203 e. The molecule has 0 atom stereocenters. The van der Waals surface area contributed by atoms with E-state index in [9.17, 15) is 0 Å². The van der Waals surface area contributed by atoms with Crippen molar-refractivity contribution in [1.29, 1.82) is 0 Å². The van der Waals surface area contributed by atoms with Crippen LogP contribution in [0.4, 0.5) is 5.69 Å². The molecule has 1 heterocycles. The zero-order valence-electron chi connectivity index (χ0n) is 11.0. The minimum atomic E-state index is -0.450. The zero-order chi connectivity index (χ0) is 13.5. The van der Waals surface area contributed by atoms with Gasteiger partial charge in [0, 0.05) is 29.8 Å². The van der Waals surface area contributed by atoms with Gasteiger partial charge in [0.1, 0.15) is 0 Å². The molecule has 1 aliphatic rings. The molecule has 0 N–H and O–H groups in total. The Morgan fingerprint density at radius 1 is 1.00 bits per heavy atom. The quantitative estimate of drug-likeness (QED) is 0.809. The summed E-state index contributed by atoms with van der Waals surface area (Å²) >= 11 is 3.60. The Morgan fingerprint density at radius 2 is 1.63 bits per heavy atom. The van der Waals surface area contributed by atoms with Gasteiger partial charge < -0.3 is 14.4 Å². The maximum absolute atomic E-state index is 5.44. The van der Waals surface area contributed by atoms with Crippen LogP contribution in [0.25, 0.3) is 10.8 Å². The summed E-state index contributed by atoms with van der Waals surface area (Å²) in [7, 11) is 3.39. The van der Waals surface area contributed by atoms with E-state index in [4.69, 9.17) is 9.47 Å². The maximum atomic E-state index is 5.44. The van der Waals surface area contributed by atoms with Crippen LogP contribution >= 0.6 is 15.9 Å². The van der Waals surface area contributed by atoms with Gasteiger partial charge >= 0.3 is 0 Å². The van der Waals surface area contributed by atoms with E-state index in [0.717, 1.165) is 17.6 Å². The number of hydrogen-bond donors (Lipinski definition) is 0. The van der Waals surface area contributed by atoms with Gasteiger partial charge in [-0.15, -0.1) is 0 Å². The first kappa shape index (κ1) is 12.9. The van der Waals surface area contributed by atoms with Gasteiger partial charge in [-0.2, -0.15) is 0 Å². The largest absolute Gasteiger partial charge is 0.360 e. The normalized spacial score (nSPS) is 17.5. The van der Waals surface area contributed by atoms with Gasteiger partial charge in [0.2, 0.25) is 5.79 Å². The molecule has 4 heteroatoms. The zero-order valence-corrected chi connectivity index (χ0v) is 12.6. The smallest absolute Gasteiger partial charge is 0.203 e. The molecule has 1 fully saturated rings. The van der Waals surface area contributed by atoms with Gasteiger partial charge in [0.15, 0.2) is 0 Å². The molecule has 100 valence electrons. The lowest BCUT2D eigenvalue weighted by atomic mass is 10.0. The number of halogens is 1. The highest BCUT2D eigenvalue weighted by Crippen LogP contribution is 2.37. The van der Waals surface area contributed by atoms with E-state index in [1.54, 1.807) is 14.2 Å². The Bertz CT molecular complexity index is 602. The predicted octanol–water partition coefficient (Wildman–Crippen LogP) is 3.41. The second-order valence-electron chi connectivity index (χ2n) is 4.79. The number of ether oxygens (including phenoxy) is 2. The lowest BCUT2D eigenvalue weighted by Gasteiger charge is -2.49. The summed E-state index contributed by atoms with van der Waals surface area (Å²) in [6.45, 7) is 1.51. The van der Waals surface area contributed by atoms with Crippen molar-refractivity contribution >= 4 is 32.4 Å². The fourth-order valence-corrected chi connectivity index (χ4v) is 3.05. The van der Waals surface area contributed by atoms with E-state index in [1.165, 1.54) is 16.5 Å². The molecule has 3 rings (SSSR count). The molecule has 0 radical (unpaired) electrons. The Kier molecular flexibility index (Phi) is 3.25. The van der Waals surface area contributed by atoms with Gasteiger partial charge in [-0.25, -0.2) is 0 Å². The monoisotopic (exact) mass is 321 g/mol. The molecule has 0 aliphatic carbocycles. The summed E-state index contributed by atoms with van der Waals surface area (Å²) in [5, 5.41) is 2.48.